The zero-order valence-electron chi connectivity index (χ0n) is 11.5. The maximum Gasteiger partial charge on any atom is 0.513 e. The smallest absolute Gasteiger partial charge is 0.435 e. The first-order chi connectivity index (χ1) is 8.32. The maximum atomic E-state index is 11.6. The van der Waals surface area contributed by atoms with Gasteiger partial charge in [-0.15, -0.1) is 11.8 Å². The molecule has 0 saturated heterocycles. The summed E-state index contributed by atoms with van der Waals surface area (Å²) >= 11 is 1.64. The first-order valence-corrected chi connectivity index (χ1v) is 10.7. The minimum atomic E-state index is -1.48. The van der Waals surface area contributed by atoms with Gasteiger partial charge in [-0.3, -0.25) is 0 Å². The number of ether oxygens (including phenoxy) is 2. The molecule has 0 heterocycles. The van der Waals surface area contributed by atoms with Crippen LogP contribution < -0.4 is 4.74 Å². The van der Waals surface area contributed by atoms with Crippen LogP contribution in [0.1, 0.15) is 6.92 Å². The monoisotopic (exact) mass is 284 g/mol. The second kappa shape index (κ2) is 6.29. The van der Waals surface area contributed by atoms with Gasteiger partial charge in [0, 0.05) is 4.90 Å². The standard InChI is InChI=1S/C13H20O3SSi/c1-10(18(3,4)5)15-13(14)16-11-6-8-12(17-2)9-7-11/h6-10H,1-5H3. The van der Waals surface area contributed by atoms with E-state index in [9.17, 15) is 4.79 Å². The van der Waals surface area contributed by atoms with E-state index in [4.69, 9.17) is 9.47 Å². The molecule has 1 aromatic rings. The van der Waals surface area contributed by atoms with E-state index in [-0.39, 0.29) is 5.73 Å². The molecule has 0 fully saturated rings. The van der Waals surface area contributed by atoms with Crippen LogP contribution in [-0.2, 0) is 4.74 Å². The molecular formula is C13H20O3SSi. The molecule has 5 heteroatoms. The number of hydrogen-bond donors (Lipinski definition) is 0. The highest BCUT2D eigenvalue weighted by Crippen LogP contribution is 2.20. The van der Waals surface area contributed by atoms with E-state index in [0.717, 1.165) is 4.90 Å². The lowest BCUT2D eigenvalue weighted by molar-refractivity contribution is 0.0888. The summed E-state index contributed by atoms with van der Waals surface area (Å²) in [5.41, 5.74) is -0.0597. The van der Waals surface area contributed by atoms with Crippen molar-refractivity contribution in [2.75, 3.05) is 6.26 Å². The molecule has 1 aromatic carbocycles. The zero-order valence-corrected chi connectivity index (χ0v) is 13.3. The Labute approximate surface area is 114 Å². The first-order valence-electron chi connectivity index (χ1n) is 5.85. The van der Waals surface area contributed by atoms with Crippen molar-refractivity contribution in [3.8, 4) is 5.75 Å². The molecule has 0 saturated carbocycles. The summed E-state index contributed by atoms with van der Waals surface area (Å²) in [4.78, 5) is 12.7. The van der Waals surface area contributed by atoms with Crippen molar-refractivity contribution in [1.29, 1.82) is 0 Å². The topological polar surface area (TPSA) is 35.5 Å². The van der Waals surface area contributed by atoms with E-state index < -0.39 is 14.2 Å². The number of rotatable bonds is 4. The lowest BCUT2D eigenvalue weighted by Gasteiger charge is -2.24. The van der Waals surface area contributed by atoms with Crippen LogP contribution in [0.25, 0.3) is 0 Å². The number of carbonyl (C=O) groups is 1. The Balaban J connectivity index is 2.54. The maximum absolute atomic E-state index is 11.6. The Morgan fingerprint density at radius 2 is 1.78 bits per heavy atom. The lowest BCUT2D eigenvalue weighted by Crippen LogP contribution is -2.39. The quantitative estimate of drug-likeness (QED) is 0.359. The van der Waals surface area contributed by atoms with Crippen molar-refractivity contribution in [3.05, 3.63) is 24.3 Å². The van der Waals surface area contributed by atoms with Crippen LogP contribution in [0.2, 0.25) is 19.6 Å². The highest BCUT2D eigenvalue weighted by atomic mass is 32.2. The van der Waals surface area contributed by atoms with E-state index in [0.29, 0.717) is 5.75 Å². The van der Waals surface area contributed by atoms with Gasteiger partial charge < -0.3 is 9.47 Å². The summed E-state index contributed by atoms with van der Waals surface area (Å²) in [7, 11) is -1.48. The van der Waals surface area contributed by atoms with Crippen LogP contribution in [-0.4, -0.2) is 26.2 Å². The lowest BCUT2D eigenvalue weighted by atomic mass is 10.3. The first kappa shape index (κ1) is 15.1. The molecule has 1 unspecified atom stereocenters. The van der Waals surface area contributed by atoms with Crippen LogP contribution in [0.3, 0.4) is 0 Å². The molecule has 0 N–H and O–H groups in total. The summed E-state index contributed by atoms with van der Waals surface area (Å²) in [5, 5.41) is 0. The normalized spacial score (nSPS) is 12.9. The van der Waals surface area contributed by atoms with E-state index in [2.05, 4.69) is 19.6 Å². The van der Waals surface area contributed by atoms with Crippen LogP contribution in [0.4, 0.5) is 4.79 Å². The molecule has 18 heavy (non-hydrogen) atoms. The van der Waals surface area contributed by atoms with Crippen molar-refractivity contribution in [2.24, 2.45) is 0 Å². The Bertz CT molecular complexity index is 398. The molecule has 0 amide bonds. The van der Waals surface area contributed by atoms with Crippen LogP contribution in [0.5, 0.6) is 5.75 Å². The predicted molar refractivity (Wildman–Crippen MR) is 78.1 cm³/mol. The van der Waals surface area contributed by atoms with Gasteiger partial charge in [0.2, 0.25) is 0 Å². The highest BCUT2D eigenvalue weighted by molar-refractivity contribution is 7.98. The van der Waals surface area contributed by atoms with Gasteiger partial charge in [0.05, 0.1) is 13.8 Å². The third-order valence-corrected chi connectivity index (χ3v) is 6.05. The Morgan fingerprint density at radius 3 is 2.22 bits per heavy atom. The zero-order chi connectivity index (χ0) is 13.8. The Morgan fingerprint density at radius 1 is 1.22 bits per heavy atom. The van der Waals surface area contributed by atoms with Gasteiger partial charge in [0.15, 0.2) is 0 Å². The summed E-state index contributed by atoms with van der Waals surface area (Å²) in [6.07, 6.45) is 1.38. The fraction of sp³-hybridized carbons (Fsp3) is 0.462. The van der Waals surface area contributed by atoms with Crippen molar-refractivity contribution >= 4 is 26.0 Å². The van der Waals surface area contributed by atoms with E-state index >= 15 is 0 Å². The number of benzene rings is 1. The Kier molecular flexibility index (Phi) is 5.28. The van der Waals surface area contributed by atoms with Crippen molar-refractivity contribution in [2.45, 2.75) is 37.2 Å². The molecule has 0 aromatic heterocycles. The van der Waals surface area contributed by atoms with Crippen molar-refractivity contribution in [3.63, 3.8) is 0 Å². The summed E-state index contributed by atoms with van der Waals surface area (Å²) < 4.78 is 10.4. The largest absolute Gasteiger partial charge is 0.513 e. The van der Waals surface area contributed by atoms with Crippen LogP contribution in [0, 0.1) is 0 Å². The Hall–Kier alpha value is -0.943. The third kappa shape index (κ3) is 4.74. The molecule has 0 spiro atoms. The average Bonchev–Trinajstić information content (AvgIpc) is 2.28. The van der Waals surface area contributed by atoms with Crippen molar-refractivity contribution < 1.29 is 14.3 Å². The molecule has 3 nitrogen and oxygen atoms in total. The van der Waals surface area contributed by atoms with Gasteiger partial charge in [-0.2, -0.15) is 0 Å². The van der Waals surface area contributed by atoms with Gasteiger partial charge >= 0.3 is 6.16 Å². The van der Waals surface area contributed by atoms with Crippen LogP contribution >= 0.6 is 11.8 Å². The van der Waals surface area contributed by atoms with Crippen LogP contribution in [0.15, 0.2) is 29.2 Å². The van der Waals surface area contributed by atoms with E-state index in [1.807, 2.05) is 25.3 Å². The van der Waals surface area contributed by atoms with Gasteiger partial charge in [-0.25, -0.2) is 4.79 Å². The third-order valence-electron chi connectivity index (χ3n) is 2.75. The summed E-state index contributed by atoms with van der Waals surface area (Å²) in [6.45, 7) is 8.37. The predicted octanol–water partition coefficient (Wildman–Crippen LogP) is 4.19. The highest BCUT2D eigenvalue weighted by Gasteiger charge is 2.26. The van der Waals surface area contributed by atoms with Gasteiger partial charge in [-0.05, 0) is 37.4 Å². The minimum absolute atomic E-state index is 0.0597. The molecule has 100 valence electrons. The van der Waals surface area contributed by atoms with E-state index in [1.165, 1.54) is 0 Å². The number of thioether (sulfide) groups is 1. The average molecular weight is 284 g/mol. The number of hydrogen-bond acceptors (Lipinski definition) is 4. The van der Waals surface area contributed by atoms with Gasteiger partial charge in [0.1, 0.15) is 5.75 Å². The van der Waals surface area contributed by atoms with E-state index in [1.54, 1.807) is 23.9 Å². The second-order valence-electron chi connectivity index (χ2n) is 5.15. The molecule has 0 aliphatic rings. The number of carbonyl (C=O) groups excluding carboxylic acids is 1. The SMILES string of the molecule is CSc1ccc(OC(=O)OC(C)[Si](C)(C)C)cc1. The molecule has 0 bridgehead atoms. The fourth-order valence-corrected chi connectivity index (χ4v) is 1.94. The van der Waals surface area contributed by atoms with Gasteiger partial charge in [0.25, 0.3) is 0 Å². The molecule has 0 radical (unpaired) electrons. The molecule has 0 aliphatic carbocycles. The molecule has 1 rings (SSSR count). The summed E-state index contributed by atoms with van der Waals surface area (Å²) in [5.74, 6) is 0.514. The fourth-order valence-electron chi connectivity index (χ4n) is 1.09. The molecule has 1 atom stereocenters. The summed E-state index contributed by atoms with van der Waals surface area (Å²) in [6, 6.07) is 7.36. The molecule has 0 aliphatic heterocycles. The van der Waals surface area contributed by atoms with Gasteiger partial charge in [-0.1, -0.05) is 19.6 Å². The second-order valence-corrected chi connectivity index (χ2v) is 11.6. The minimum Gasteiger partial charge on any atom is -0.435 e. The molecular weight excluding hydrogens is 264 g/mol. The van der Waals surface area contributed by atoms with Crippen molar-refractivity contribution in [1.82, 2.24) is 0 Å².